The van der Waals surface area contributed by atoms with Gasteiger partial charge >= 0.3 is 0 Å². The summed E-state index contributed by atoms with van der Waals surface area (Å²) < 4.78 is 5.08. The van der Waals surface area contributed by atoms with Gasteiger partial charge in [-0.15, -0.1) is 0 Å². The van der Waals surface area contributed by atoms with Crippen LogP contribution in [0.4, 0.5) is 0 Å². The van der Waals surface area contributed by atoms with Gasteiger partial charge in [-0.3, -0.25) is 9.59 Å². The van der Waals surface area contributed by atoms with E-state index in [0.717, 1.165) is 22.4 Å². The van der Waals surface area contributed by atoms with Crippen molar-refractivity contribution in [3.63, 3.8) is 0 Å². The molecule has 0 aliphatic carbocycles. The molecule has 0 spiro atoms. The van der Waals surface area contributed by atoms with Crippen molar-refractivity contribution in [3.05, 3.63) is 77.4 Å². The number of ketones is 2. The molecule has 0 aliphatic heterocycles. The average molecular weight is 350 g/mol. The Balaban J connectivity index is 1.79. The van der Waals surface area contributed by atoms with Crippen LogP contribution in [-0.2, 0) is 16.2 Å². The fraction of sp³-hybridized carbons (Fsp3) is 0.182. The van der Waals surface area contributed by atoms with Gasteiger partial charge in [0, 0.05) is 12.8 Å². The number of methoxy groups -OCH3 is 1. The largest absolute Gasteiger partial charge is 0.497 e. The molecule has 0 atom stereocenters. The number of hydrogen-bond acceptors (Lipinski definition) is 4. The average Bonchev–Trinajstić information content (AvgIpc) is 2.69. The lowest BCUT2D eigenvalue weighted by molar-refractivity contribution is -0.119. The van der Waals surface area contributed by atoms with Crippen molar-refractivity contribution in [2.45, 2.75) is 19.4 Å². The van der Waals surface area contributed by atoms with Crippen molar-refractivity contribution >= 4 is 23.7 Å². The second-order valence-electron chi connectivity index (χ2n) is 5.77. The predicted molar refractivity (Wildman–Crippen MR) is 103 cm³/mol. The van der Waals surface area contributed by atoms with E-state index < -0.39 is 0 Å². The van der Waals surface area contributed by atoms with Gasteiger partial charge in [0.2, 0.25) is 0 Å². The molecule has 2 aromatic carbocycles. The molecule has 4 heteroatoms. The second-order valence-corrected chi connectivity index (χ2v) is 5.77. The van der Waals surface area contributed by atoms with Crippen molar-refractivity contribution in [2.75, 3.05) is 7.11 Å². The molecule has 4 nitrogen and oxygen atoms in total. The summed E-state index contributed by atoms with van der Waals surface area (Å²) in [7, 11) is 1.60. The minimum atomic E-state index is -0.0950. The number of allylic oxidation sites excluding steroid dienone is 2. The molecular formula is C22H22O4. The number of carbonyl (C=O) groups is 2. The molecule has 1 N–H and O–H groups in total. The summed E-state index contributed by atoms with van der Waals surface area (Å²) in [4.78, 5) is 23.7. The highest BCUT2D eigenvalue weighted by molar-refractivity contribution is 5.99. The summed E-state index contributed by atoms with van der Waals surface area (Å²) in [6.45, 7) is -0.00488. The molecule has 0 radical (unpaired) electrons. The Morgan fingerprint density at radius 1 is 0.846 bits per heavy atom. The smallest absolute Gasteiger partial charge is 0.156 e. The first kappa shape index (κ1) is 19.3. The molecule has 2 aromatic rings. The maximum absolute atomic E-state index is 11.9. The summed E-state index contributed by atoms with van der Waals surface area (Å²) in [6.07, 6.45) is 6.77. The normalized spacial score (nSPS) is 11.2. The van der Waals surface area contributed by atoms with Crippen LogP contribution in [0.15, 0.2) is 60.7 Å². The minimum absolute atomic E-state index is 0.00488. The molecule has 0 aromatic heterocycles. The number of hydrogen-bond donors (Lipinski definition) is 1. The Bertz CT molecular complexity index is 714. The Labute approximate surface area is 153 Å². The van der Waals surface area contributed by atoms with Crippen LogP contribution in [0.1, 0.15) is 29.5 Å². The first-order valence-corrected chi connectivity index (χ1v) is 8.36. The van der Waals surface area contributed by atoms with E-state index in [4.69, 9.17) is 9.84 Å². The second kappa shape index (κ2) is 10.1. The summed E-state index contributed by atoms with van der Waals surface area (Å²) in [5.41, 5.74) is 2.60. The van der Waals surface area contributed by atoms with E-state index in [2.05, 4.69) is 0 Å². The van der Waals surface area contributed by atoms with Crippen molar-refractivity contribution < 1.29 is 19.4 Å². The van der Waals surface area contributed by atoms with Crippen LogP contribution in [0.2, 0.25) is 0 Å². The molecule has 0 saturated carbocycles. The lowest BCUT2D eigenvalue weighted by Crippen LogP contribution is -1.99. The summed E-state index contributed by atoms with van der Waals surface area (Å²) in [5, 5.41) is 8.99. The number of benzene rings is 2. The van der Waals surface area contributed by atoms with Gasteiger partial charge in [0.15, 0.2) is 11.6 Å². The first-order chi connectivity index (χ1) is 12.6. The molecule has 0 heterocycles. The Kier molecular flexibility index (Phi) is 7.52. The summed E-state index contributed by atoms with van der Waals surface area (Å²) in [5.74, 6) is 0.578. The lowest BCUT2D eigenvalue weighted by atomic mass is 10.1. The highest BCUT2D eigenvalue weighted by Crippen LogP contribution is 2.12. The van der Waals surface area contributed by atoms with Gasteiger partial charge in [0.25, 0.3) is 0 Å². The summed E-state index contributed by atoms with van der Waals surface area (Å²) in [6, 6.07) is 14.6. The fourth-order valence-corrected chi connectivity index (χ4v) is 2.24. The molecule has 0 aliphatic rings. The third-order valence-corrected chi connectivity index (χ3v) is 3.82. The highest BCUT2D eigenvalue weighted by atomic mass is 16.5. The number of aliphatic hydroxyl groups is 1. The molecule has 26 heavy (non-hydrogen) atoms. The summed E-state index contributed by atoms with van der Waals surface area (Å²) >= 11 is 0. The predicted octanol–water partition coefficient (Wildman–Crippen LogP) is 3.83. The van der Waals surface area contributed by atoms with Gasteiger partial charge in [-0.25, -0.2) is 0 Å². The van der Waals surface area contributed by atoms with Gasteiger partial charge in [0.1, 0.15) is 5.75 Å². The fourth-order valence-electron chi connectivity index (χ4n) is 2.24. The monoisotopic (exact) mass is 350 g/mol. The van der Waals surface area contributed by atoms with Crippen LogP contribution in [-0.4, -0.2) is 23.8 Å². The van der Waals surface area contributed by atoms with E-state index in [1.165, 1.54) is 12.2 Å². The van der Waals surface area contributed by atoms with Crippen LogP contribution in [0.25, 0.3) is 12.2 Å². The molecule has 0 saturated heterocycles. The highest BCUT2D eigenvalue weighted by Gasteiger charge is 2.02. The van der Waals surface area contributed by atoms with Crippen LogP contribution < -0.4 is 4.74 Å². The molecule has 0 bridgehead atoms. The Morgan fingerprint density at radius 2 is 1.31 bits per heavy atom. The first-order valence-electron chi connectivity index (χ1n) is 8.36. The van der Waals surface area contributed by atoms with Crippen molar-refractivity contribution in [2.24, 2.45) is 0 Å². The molecular weight excluding hydrogens is 328 g/mol. The number of aliphatic hydroxyl groups excluding tert-OH is 1. The standard InChI is InChI=1S/C22H22O4/c1-26-22-14-8-18(9-15-22)7-11-21(25)13-12-20(24)10-6-17-2-4-19(16-23)5-3-17/h2-11,14-15,23H,12-13,16H2,1H3/b10-6+,11-7+. The zero-order valence-corrected chi connectivity index (χ0v) is 14.7. The van der Waals surface area contributed by atoms with E-state index in [0.29, 0.717) is 0 Å². The topological polar surface area (TPSA) is 63.6 Å². The Hall–Kier alpha value is -2.98. The van der Waals surface area contributed by atoms with Gasteiger partial charge in [0.05, 0.1) is 13.7 Å². The third kappa shape index (κ3) is 6.49. The van der Waals surface area contributed by atoms with Crippen LogP contribution in [0, 0.1) is 0 Å². The van der Waals surface area contributed by atoms with Gasteiger partial charge in [-0.2, -0.15) is 0 Å². The minimum Gasteiger partial charge on any atom is -0.497 e. The van der Waals surface area contributed by atoms with Crippen molar-refractivity contribution in [1.82, 2.24) is 0 Å². The van der Waals surface area contributed by atoms with Crippen LogP contribution >= 0.6 is 0 Å². The van der Waals surface area contributed by atoms with Crippen LogP contribution in [0.5, 0.6) is 5.75 Å². The molecule has 0 fully saturated rings. The molecule has 2 rings (SSSR count). The molecule has 0 amide bonds. The SMILES string of the molecule is COc1ccc(/C=C/C(=O)CCC(=O)/C=C/c2ccc(CO)cc2)cc1. The van der Waals surface area contributed by atoms with Crippen LogP contribution in [0.3, 0.4) is 0 Å². The zero-order valence-electron chi connectivity index (χ0n) is 14.7. The van der Waals surface area contributed by atoms with E-state index in [1.807, 2.05) is 36.4 Å². The number of ether oxygens (including phenoxy) is 1. The van der Waals surface area contributed by atoms with E-state index >= 15 is 0 Å². The molecule has 0 unspecified atom stereocenters. The number of rotatable bonds is 9. The third-order valence-electron chi connectivity index (χ3n) is 3.82. The van der Waals surface area contributed by atoms with E-state index in [-0.39, 0.29) is 31.0 Å². The zero-order chi connectivity index (χ0) is 18.8. The maximum atomic E-state index is 11.9. The number of carbonyl (C=O) groups excluding carboxylic acids is 2. The maximum Gasteiger partial charge on any atom is 0.156 e. The Morgan fingerprint density at radius 3 is 1.73 bits per heavy atom. The quantitative estimate of drug-likeness (QED) is 0.698. The van der Waals surface area contributed by atoms with E-state index in [1.54, 1.807) is 31.4 Å². The van der Waals surface area contributed by atoms with Gasteiger partial charge in [-0.1, -0.05) is 48.6 Å². The van der Waals surface area contributed by atoms with Gasteiger partial charge in [-0.05, 0) is 41.0 Å². The van der Waals surface area contributed by atoms with Gasteiger partial charge < -0.3 is 9.84 Å². The van der Waals surface area contributed by atoms with Crippen molar-refractivity contribution in [1.29, 1.82) is 0 Å². The van der Waals surface area contributed by atoms with E-state index in [9.17, 15) is 9.59 Å². The molecule has 134 valence electrons. The lowest BCUT2D eigenvalue weighted by Gasteiger charge is -1.99. The van der Waals surface area contributed by atoms with Crippen molar-refractivity contribution in [3.8, 4) is 5.75 Å².